The molecule has 0 fully saturated rings. The van der Waals surface area contributed by atoms with E-state index in [0.29, 0.717) is 12.8 Å². The van der Waals surface area contributed by atoms with Crippen molar-refractivity contribution >= 4 is 11.9 Å². The lowest BCUT2D eigenvalue weighted by Crippen LogP contribution is -2.33. The van der Waals surface area contributed by atoms with Crippen molar-refractivity contribution in [2.24, 2.45) is 5.92 Å². The quantitative estimate of drug-likeness (QED) is 0.410. The van der Waals surface area contributed by atoms with E-state index in [2.05, 4.69) is 11.3 Å². The first-order valence-corrected chi connectivity index (χ1v) is 5.23. The zero-order chi connectivity index (χ0) is 12.8. The molecule has 0 amide bonds. The van der Waals surface area contributed by atoms with Gasteiger partial charge >= 0.3 is 11.9 Å². The molecule has 0 N–H and O–H groups in total. The molecule has 4 nitrogen and oxygen atoms in total. The summed E-state index contributed by atoms with van der Waals surface area (Å²) in [5.41, 5.74) is -0.600. The molecule has 1 unspecified atom stereocenters. The summed E-state index contributed by atoms with van der Waals surface area (Å²) in [7, 11) is 1.26. The first-order valence-electron chi connectivity index (χ1n) is 5.23. The van der Waals surface area contributed by atoms with E-state index < -0.39 is 23.5 Å². The monoisotopic (exact) mass is 228 g/mol. The molecule has 0 aromatic heterocycles. The van der Waals surface area contributed by atoms with Crippen LogP contribution >= 0.6 is 0 Å². The number of hydrogen-bond acceptors (Lipinski definition) is 4. The summed E-state index contributed by atoms with van der Waals surface area (Å²) in [6.45, 7) is 8.82. The molecule has 0 aromatic carbocycles. The first-order chi connectivity index (χ1) is 7.31. The maximum Gasteiger partial charge on any atom is 0.320 e. The molecule has 0 bridgehead atoms. The molecular weight excluding hydrogens is 208 g/mol. The SMILES string of the molecule is C=CCCC(C(=O)OC)C(=O)OC(C)(C)C. The molecule has 1 atom stereocenters. The fourth-order valence-corrected chi connectivity index (χ4v) is 1.13. The lowest BCUT2D eigenvalue weighted by atomic mass is 10.0. The van der Waals surface area contributed by atoms with Crippen molar-refractivity contribution in [3.63, 3.8) is 0 Å². The number of ether oxygens (including phenoxy) is 2. The highest BCUT2D eigenvalue weighted by Crippen LogP contribution is 2.16. The predicted molar refractivity (Wildman–Crippen MR) is 60.8 cm³/mol. The van der Waals surface area contributed by atoms with Crippen molar-refractivity contribution in [1.29, 1.82) is 0 Å². The van der Waals surface area contributed by atoms with Crippen LogP contribution in [-0.2, 0) is 19.1 Å². The van der Waals surface area contributed by atoms with Crippen LogP contribution in [0.3, 0.4) is 0 Å². The second-order valence-electron chi connectivity index (χ2n) is 4.48. The number of hydrogen-bond donors (Lipinski definition) is 0. The Morgan fingerprint density at radius 1 is 1.31 bits per heavy atom. The molecule has 0 saturated carbocycles. The van der Waals surface area contributed by atoms with Crippen molar-refractivity contribution in [2.45, 2.75) is 39.2 Å². The van der Waals surface area contributed by atoms with E-state index in [1.807, 2.05) is 0 Å². The fraction of sp³-hybridized carbons (Fsp3) is 0.667. The Hall–Kier alpha value is -1.32. The van der Waals surface area contributed by atoms with Gasteiger partial charge < -0.3 is 9.47 Å². The van der Waals surface area contributed by atoms with E-state index in [1.54, 1.807) is 26.8 Å². The third-order valence-electron chi connectivity index (χ3n) is 1.84. The number of carbonyl (C=O) groups is 2. The summed E-state index contributed by atoms with van der Waals surface area (Å²) >= 11 is 0. The molecule has 0 aliphatic carbocycles. The minimum absolute atomic E-state index is 0.366. The van der Waals surface area contributed by atoms with Gasteiger partial charge in [0.25, 0.3) is 0 Å². The highest BCUT2D eigenvalue weighted by molar-refractivity contribution is 5.94. The normalized spacial score (nSPS) is 12.8. The molecule has 4 heteroatoms. The lowest BCUT2D eigenvalue weighted by molar-refractivity contribution is -0.168. The summed E-state index contributed by atoms with van der Waals surface area (Å²) < 4.78 is 9.72. The van der Waals surface area contributed by atoms with E-state index in [1.165, 1.54) is 7.11 Å². The minimum Gasteiger partial charge on any atom is -0.468 e. The smallest absolute Gasteiger partial charge is 0.320 e. The minimum atomic E-state index is -0.859. The summed E-state index contributed by atoms with van der Waals surface area (Å²) in [4.78, 5) is 23.1. The largest absolute Gasteiger partial charge is 0.468 e. The Morgan fingerprint density at radius 2 is 1.88 bits per heavy atom. The molecule has 0 spiro atoms. The molecule has 0 aliphatic rings. The zero-order valence-corrected chi connectivity index (χ0v) is 10.4. The molecule has 0 heterocycles. The Kier molecular flexibility index (Phi) is 5.78. The standard InChI is InChI=1S/C12H20O4/c1-6-7-8-9(10(13)15-5)11(14)16-12(2,3)4/h6,9H,1,7-8H2,2-5H3. The fourth-order valence-electron chi connectivity index (χ4n) is 1.13. The van der Waals surface area contributed by atoms with Crippen LogP contribution in [0.4, 0.5) is 0 Å². The number of carbonyl (C=O) groups excluding carboxylic acids is 2. The number of methoxy groups -OCH3 is 1. The summed E-state index contributed by atoms with van der Waals surface area (Å²) in [5.74, 6) is -1.96. The Bertz CT molecular complexity index is 263. The number of esters is 2. The van der Waals surface area contributed by atoms with Gasteiger partial charge in [-0.15, -0.1) is 6.58 Å². The maximum atomic E-state index is 11.7. The molecule has 92 valence electrons. The highest BCUT2D eigenvalue weighted by atomic mass is 16.6. The van der Waals surface area contributed by atoms with Crippen molar-refractivity contribution < 1.29 is 19.1 Å². The van der Waals surface area contributed by atoms with E-state index >= 15 is 0 Å². The van der Waals surface area contributed by atoms with Gasteiger partial charge in [-0.2, -0.15) is 0 Å². The van der Waals surface area contributed by atoms with Gasteiger partial charge in [-0.3, -0.25) is 9.59 Å². The maximum absolute atomic E-state index is 11.7. The van der Waals surface area contributed by atoms with E-state index in [-0.39, 0.29) is 0 Å². The number of rotatable bonds is 5. The van der Waals surface area contributed by atoms with Gasteiger partial charge in [-0.1, -0.05) is 6.08 Å². The van der Waals surface area contributed by atoms with Gasteiger partial charge in [-0.25, -0.2) is 0 Å². The van der Waals surface area contributed by atoms with E-state index in [9.17, 15) is 9.59 Å². The third kappa shape index (κ3) is 5.53. The van der Waals surface area contributed by atoms with Gasteiger partial charge in [0.15, 0.2) is 5.92 Å². The van der Waals surface area contributed by atoms with Crippen LogP contribution in [-0.4, -0.2) is 24.6 Å². The molecular formula is C12H20O4. The van der Waals surface area contributed by atoms with Crippen LogP contribution in [0.2, 0.25) is 0 Å². The van der Waals surface area contributed by atoms with Crippen LogP contribution in [0.5, 0.6) is 0 Å². The van der Waals surface area contributed by atoms with Crippen LogP contribution in [0.15, 0.2) is 12.7 Å². The van der Waals surface area contributed by atoms with Gasteiger partial charge in [-0.05, 0) is 33.6 Å². The molecule has 0 aliphatic heterocycles. The summed E-state index contributed by atoms with van der Waals surface area (Å²) in [5, 5.41) is 0. The van der Waals surface area contributed by atoms with Gasteiger partial charge in [0.05, 0.1) is 7.11 Å². The van der Waals surface area contributed by atoms with Crippen molar-refractivity contribution in [1.82, 2.24) is 0 Å². The van der Waals surface area contributed by atoms with Gasteiger partial charge in [0.1, 0.15) is 5.60 Å². The molecule has 16 heavy (non-hydrogen) atoms. The number of allylic oxidation sites excluding steroid dienone is 1. The molecule has 0 rings (SSSR count). The molecule has 0 saturated heterocycles. The highest BCUT2D eigenvalue weighted by Gasteiger charge is 2.31. The predicted octanol–water partition coefficient (Wildman–Crippen LogP) is 2.08. The Labute approximate surface area is 96.6 Å². The van der Waals surface area contributed by atoms with Gasteiger partial charge in [0, 0.05) is 0 Å². The second kappa shape index (κ2) is 6.30. The Morgan fingerprint density at radius 3 is 2.25 bits per heavy atom. The lowest BCUT2D eigenvalue weighted by Gasteiger charge is -2.22. The summed E-state index contributed by atoms with van der Waals surface area (Å²) in [6, 6.07) is 0. The molecule has 0 radical (unpaired) electrons. The topological polar surface area (TPSA) is 52.6 Å². The summed E-state index contributed by atoms with van der Waals surface area (Å²) in [6.07, 6.45) is 2.59. The van der Waals surface area contributed by atoms with Gasteiger partial charge in [0.2, 0.25) is 0 Å². The second-order valence-corrected chi connectivity index (χ2v) is 4.48. The van der Waals surface area contributed by atoms with E-state index in [0.717, 1.165) is 0 Å². The van der Waals surface area contributed by atoms with Crippen molar-refractivity contribution in [3.8, 4) is 0 Å². The van der Waals surface area contributed by atoms with Crippen LogP contribution < -0.4 is 0 Å². The first kappa shape index (κ1) is 14.7. The molecule has 0 aromatic rings. The van der Waals surface area contributed by atoms with Crippen molar-refractivity contribution in [2.75, 3.05) is 7.11 Å². The average Bonchev–Trinajstić information content (AvgIpc) is 2.15. The van der Waals surface area contributed by atoms with Crippen LogP contribution in [0.25, 0.3) is 0 Å². The van der Waals surface area contributed by atoms with Crippen LogP contribution in [0.1, 0.15) is 33.6 Å². The van der Waals surface area contributed by atoms with Crippen molar-refractivity contribution in [3.05, 3.63) is 12.7 Å². The third-order valence-corrected chi connectivity index (χ3v) is 1.84. The Balaban J connectivity index is 4.56. The zero-order valence-electron chi connectivity index (χ0n) is 10.4. The van der Waals surface area contributed by atoms with E-state index in [4.69, 9.17) is 4.74 Å². The average molecular weight is 228 g/mol. The van der Waals surface area contributed by atoms with Crippen LogP contribution in [0, 0.1) is 5.92 Å².